The van der Waals surface area contributed by atoms with Crippen LogP contribution in [0.3, 0.4) is 0 Å². The lowest BCUT2D eigenvalue weighted by Gasteiger charge is -2.17. The number of hydrogen-bond acceptors (Lipinski definition) is 3. The molecule has 0 aliphatic rings. The summed E-state index contributed by atoms with van der Waals surface area (Å²) >= 11 is 0. The highest BCUT2D eigenvalue weighted by atomic mass is 16.5. The third-order valence-electron chi connectivity index (χ3n) is 1.83. The Morgan fingerprint density at radius 3 is 2.31 bits per heavy atom. The smallest absolute Gasteiger partial charge is 0.223 e. The van der Waals surface area contributed by atoms with Crippen molar-refractivity contribution >= 4 is 5.91 Å². The first-order valence-corrected chi connectivity index (χ1v) is 4.45. The molecule has 0 saturated heterocycles. The van der Waals surface area contributed by atoms with Crippen molar-refractivity contribution in [2.24, 2.45) is 0 Å². The zero-order valence-electron chi connectivity index (χ0n) is 9.04. The summed E-state index contributed by atoms with van der Waals surface area (Å²) in [5.41, 5.74) is 0. The summed E-state index contributed by atoms with van der Waals surface area (Å²) in [7, 11) is 7.36. The molecule has 0 atom stereocenters. The largest absolute Gasteiger partial charge is 0.383 e. The summed E-state index contributed by atoms with van der Waals surface area (Å²) in [4.78, 5) is 15.1. The van der Waals surface area contributed by atoms with Gasteiger partial charge in [-0.15, -0.1) is 0 Å². The highest BCUT2D eigenvalue weighted by Crippen LogP contribution is 1.91. The number of methoxy groups -OCH3 is 1. The fourth-order valence-corrected chi connectivity index (χ4v) is 0.863. The maximum atomic E-state index is 11.4. The molecule has 0 heterocycles. The maximum Gasteiger partial charge on any atom is 0.223 e. The first-order valence-electron chi connectivity index (χ1n) is 4.45. The van der Waals surface area contributed by atoms with Gasteiger partial charge < -0.3 is 14.5 Å². The Morgan fingerprint density at radius 2 is 1.85 bits per heavy atom. The van der Waals surface area contributed by atoms with Crippen molar-refractivity contribution in [2.45, 2.75) is 6.42 Å². The molecular formula is C9H20N2O2. The van der Waals surface area contributed by atoms with E-state index in [2.05, 4.69) is 0 Å². The number of rotatable bonds is 6. The minimum absolute atomic E-state index is 0.172. The number of likely N-dealkylation sites (N-methyl/N-ethyl adjacent to an activating group) is 1. The van der Waals surface area contributed by atoms with E-state index < -0.39 is 0 Å². The van der Waals surface area contributed by atoms with Crippen molar-refractivity contribution in [1.82, 2.24) is 9.80 Å². The molecule has 0 unspecified atom stereocenters. The molecule has 0 aromatic rings. The lowest BCUT2D eigenvalue weighted by atomic mass is 10.3. The van der Waals surface area contributed by atoms with E-state index in [9.17, 15) is 4.79 Å². The van der Waals surface area contributed by atoms with Crippen molar-refractivity contribution < 1.29 is 9.53 Å². The summed E-state index contributed by atoms with van der Waals surface area (Å²) in [6.07, 6.45) is 0.577. The van der Waals surface area contributed by atoms with Crippen LogP contribution in [0.15, 0.2) is 0 Å². The lowest BCUT2D eigenvalue weighted by molar-refractivity contribution is -0.130. The van der Waals surface area contributed by atoms with E-state index in [0.29, 0.717) is 19.6 Å². The second-order valence-electron chi connectivity index (χ2n) is 3.36. The van der Waals surface area contributed by atoms with Crippen molar-refractivity contribution in [1.29, 1.82) is 0 Å². The minimum atomic E-state index is 0.172. The van der Waals surface area contributed by atoms with Crippen LogP contribution in [-0.2, 0) is 9.53 Å². The van der Waals surface area contributed by atoms with Crippen molar-refractivity contribution in [3.05, 3.63) is 0 Å². The van der Waals surface area contributed by atoms with Crippen LogP contribution in [0, 0.1) is 0 Å². The zero-order valence-corrected chi connectivity index (χ0v) is 9.04. The molecule has 0 aromatic heterocycles. The van der Waals surface area contributed by atoms with Crippen LogP contribution in [0.1, 0.15) is 6.42 Å². The molecule has 1 amide bonds. The van der Waals surface area contributed by atoms with Gasteiger partial charge in [-0.2, -0.15) is 0 Å². The van der Waals surface area contributed by atoms with E-state index in [1.807, 2.05) is 19.0 Å². The van der Waals surface area contributed by atoms with Gasteiger partial charge in [0.15, 0.2) is 0 Å². The standard InChI is InChI=1S/C9H20N2O2/c1-10(2)6-5-9(12)11(3)7-8-13-4/h5-8H2,1-4H3. The molecule has 0 rings (SSSR count). The van der Waals surface area contributed by atoms with Gasteiger partial charge in [-0.1, -0.05) is 0 Å². The molecular weight excluding hydrogens is 168 g/mol. The Balaban J connectivity index is 3.57. The van der Waals surface area contributed by atoms with E-state index in [0.717, 1.165) is 6.54 Å². The van der Waals surface area contributed by atoms with Crippen LogP contribution in [-0.4, -0.2) is 63.7 Å². The van der Waals surface area contributed by atoms with Crippen LogP contribution >= 0.6 is 0 Å². The first kappa shape index (κ1) is 12.4. The molecule has 0 bridgehead atoms. The monoisotopic (exact) mass is 188 g/mol. The quantitative estimate of drug-likeness (QED) is 0.590. The van der Waals surface area contributed by atoms with Gasteiger partial charge in [-0.05, 0) is 14.1 Å². The zero-order chi connectivity index (χ0) is 10.3. The highest BCUT2D eigenvalue weighted by molar-refractivity contribution is 5.76. The Hall–Kier alpha value is -0.610. The molecule has 4 heteroatoms. The number of ether oxygens (including phenoxy) is 1. The molecule has 0 aliphatic heterocycles. The third-order valence-corrected chi connectivity index (χ3v) is 1.83. The molecule has 13 heavy (non-hydrogen) atoms. The molecule has 0 saturated carbocycles. The van der Waals surface area contributed by atoms with Gasteiger partial charge in [-0.3, -0.25) is 4.79 Å². The highest BCUT2D eigenvalue weighted by Gasteiger charge is 2.07. The molecule has 0 spiro atoms. The average Bonchev–Trinajstić information content (AvgIpc) is 2.10. The van der Waals surface area contributed by atoms with E-state index in [-0.39, 0.29) is 5.91 Å². The Morgan fingerprint density at radius 1 is 1.23 bits per heavy atom. The van der Waals surface area contributed by atoms with Crippen molar-refractivity contribution in [3.63, 3.8) is 0 Å². The molecule has 4 nitrogen and oxygen atoms in total. The van der Waals surface area contributed by atoms with Crippen LogP contribution in [0.5, 0.6) is 0 Å². The number of amides is 1. The summed E-state index contributed by atoms with van der Waals surface area (Å²) in [5.74, 6) is 0.172. The minimum Gasteiger partial charge on any atom is -0.383 e. The van der Waals surface area contributed by atoms with Gasteiger partial charge in [-0.25, -0.2) is 0 Å². The first-order chi connectivity index (χ1) is 6.07. The predicted octanol–water partition coefficient (Wildman–Crippen LogP) is 0.0429. The van der Waals surface area contributed by atoms with Gasteiger partial charge in [0, 0.05) is 33.7 Å². The summed E-state index contributed by atoms with van der Waals surface area (Å²) in [6.45, 7) is 2.07. The van der Waals surface area contributed by atoms with E-state index >= 15 is 0 Å². The lowest BCUT2D eigenvalue weighted by Crippen LogP contribution is -2.32. The topological polar surface area (TPSA) is 32.8 Å². The number of carbonyl (C=O) groups excluding carboxylic acids is 1. The maximum absolute atomic E-state index is 11.4. The van der Waals surface area contributed by atoms with Gasteiger partial charge in [0.05, 0.1) is 6.61 Å². The van der Waals surface area contributed by atoms with Crippen LogP contribution in [0.25, 0.3) is 0 Å². The van der Waals surface area contributed by atoms with Gasteiger partial charge in [0.2, 0.25) is 5.91 Å². The fraction of sp³-hybridized carbons (Fsp3) is 0.889. The molecule has 78 valence electrons. The summed E-state index contributed by atoms with van der Waals surface area (Å²) < 4.78 is 4.88. The van der Waals surface area contributed by atoms with E-state index in [4.69, 9.17) is 4.74 Å². The van der Waals surface area contributed by atoms with Gasteiger partial charge in [0.25, 0.3) is 0 Å². The molecule has 0 radical (unpaired) electrons. The fourth-order valence-electron chi connectivity index (χ4n) is 0.863. The molecule has 0 aromatic carbocycles. The average molecular weight is 188 g/mol. The number of nitrogens with zero attached hydrogens (tertiary/aromatic N) is 2. The van der Waals surface area contributed by atoms with Crippen LogP contribution in [0.2, 0.25) is 0 Å². The number of hydrogen-bond donors (Lipinski definition) is 0. The van der Waals surface area contributed by atoms with E-state index in [1.165, 1.54) is 0 Å². The van der Waals surface area contributed by atoms with Gasteiger partial charge >= 0.3 is 0 Å². The molecule has 0 N–H and O–H groups in total. The Labute approximate surface area is 80.5 Å². The molecule has 0 fully saturated rings. The van der Waals surface area contributed by atoms with Gasteiger partial charge in [0.1, 0.15) is 0 Å². The SMILES string of the molecule is COCCN(C)C(=O)CCN(C)C. The van der Waals surface area contributed by atoms with Crippen molar-refractivity contribution in [2.75, 3.05) is 47.9 Å². The predicted molar refractivity (Wildman–Crippen MR) is 52.7 cm³/mol. The Bertz CT molecular complexity index is 149. The third kappa shape index (κ3) is 6.54. The Kier molecular flexibility index (Phi) is 6.54. The van der Waals surface area contributed by atoms with Crippen LogP contribution < -0.4 is 0 Å². The van der Waals surface area contributed by atoms with Crippen molar-refractivity contribution in [3.8, 4) is 0 Å². The normalized spacial score (nSPS) is 10.5. The molecule has 0 aliphatic carbocycles. The number of carbonyl (C=O) groups is 1. The second-order valence-corrected chi connectivity index (χ2v) is 3.36. The second kappa shape index (κ2) is 6.86. The summed E-state index contributed by atoms with van der Waals surface area (Å²) in [5, 5.41) is 0. The van der Waals surface area contributed by atoms with E-state index in [1.54, 1.807) is 19.1 Å². The summed E-state index contributed by atoms with van der Waals surface area (Å²) in [6, 6.07) is 0. The van der Waals surface area contributed by atoms with Crippen LogP contribution in [0.4, 0.5) is 0 Å².